The Morgan fingerprint density at radius 1 is 1.14 bits per heavy atom. The number of fused-ring (bicyclic) bond motifs is 1. The van der Waals surface area contributed by atoms with Crippen molar-refractivity contribution in [3.63, 3.8) is 0 Å². The number of aromatic nitrogens is 2. The first-order chi connectivity index (χ1) is 17.1. The van der Waals surface area contributed by atoms with Crippen LogP contribution in [0.3, 0.4) is 0 Å². The van der Waals surface area contributed by atoms with Crippen molar-refractivity contribution in [2.75, 3.05) is 5.32 Å². The molecule has 0 bridgehead atoms. The van der Waals surface area contributed by atoms with Crippen LogP contribution in [0.15, 0.2) is 69.8 Å². The summed E-state index contributed by atoms with van der Waals surface area (Å²) in [5, 5.41) is 15.2. The molecular formula is C27H26N4O4S. The normalized spacial score (nSPS) is 18.3. The molecule has 0 saturated carbocycles. The molecular weight excluding hydrogens is 476 g/mol. The van der Waals surface area contributed by atoms with Crippen LogP contribution in [0.4, 0.5) is 11.5 Å². The number of H-pyrrole nitrogens is 1. The molecule has 0 radical (unpaired) electrons. The average molecular weight is 503 g/mol. The number of hydrogen-bond acceptors (Lipinski definition) is 7. The lowest BCUT2D eigenvalue weighted by atomic mass is 9.69. The van der Waals surface area contributed by atoms with Gasteiger partial charge in [-0.3, -0.25) is 19.7 Å². The van der Waals surface area contributed by atoms with Gasteiger partial charge in [-0.05, 0) is 29.9 Å². The fraction of sp³-hybridized carbons (Fsp3) is 0.296. The first-order valence-electron chi connectivity index (χ1n) is 11.7. The smallest absolute Gasteiger partial charge is 0.269 e. The Balaban J connectivity index is 1.60. The summed E-state index contributed by atoms with van der Waals surface area (Å²) in [6.07, 6.45) is 0.948. The van der Waals surface area contributed by atoms with Crippen molar-refractivity contribution in [1.29, 1.82) is 0 Å². The number of nitro benzene ring substituents is 1. The van der Waals surface area contributed by atoms with E-state index in [9.17, 15) is 19.7 Å². The second kappa shape index (κ2) is 9.05. The number of aryl methyl sites for hydroxylation is 1. The number of nitrogens with zero attached hydrogens (tertiary/aromatic N) is 2. The number of carbonyl (C=O) groups excluding carboxylic acids is 1. The maximum absolute atomic E-state index is 13.4. The highest BCUT2D eigenvalue weighted by atomic mass is 32.2. The lowest BCUT2D eigenvalue weighted by Gasteiger charge is -2.38. The van der Waals surface area contributed by atoms with Gasteiger partial charge in [-0.15, -0.1) is 0 Å². The minimum atomic E-state index is -0.729. The summed E-state index contributed by atoms with van der Waals surface area (Å²) in [7, 11) is 0. The molecule has 9 heteroatoms. The molecule has 1 aromatic heterocycles. The van der Waals surface area contributed by atoms with Crippen molar-refractivity contribution in [3.8, 4) is 0 Å². The number of rotatable bonds is 5. The Kier molecular flexibility index (Phi) is 6.04. The molecule has 5 rings (SSSR count). The van der Waals surface area contributed by atoms with Gasteiger partial charge in [0.25, 0.3) is 11.2 Å². The van der Waals surface area contributed by atoms with Crippen molar-refractivity contribution in [3.05, 3.63) is 103 Å². The number of aromatic amines is 1. The van der Waals surface area contributed by atoms with Crippen LogP contribution >= 0.6 is 11.8 Å². The highest BCUT2D eigenvalue weighted by Gasteiger charge is 2.42. The number of hydrogen-bond donors (Lipinski definition) is 2. The quantitative estimate of drug-likeness (QED) is 0.205. The Morgan fingerprint density at radius 2 is 1.89 bits per heavy atom. The van der Waals surface area contributed by atoms with Gasteiger partial charge in [-0.2, -0.15) is 0 Å². The summed E-state index contributed by atoms with van der Waals surface area (Å²) in [6.45, 7) is 6.09. The molecule has 2 N–H and O–H groups in total. The van der Waals surface area contributed by atoms with Crippen molar-refractivity contribution in [2.45, 2.75) is 50.4 Å². The predicted octanol–water partition coefficient (Wildman–Crippen LogP) is 5.48. The van der Waals surface area contributed by atoms with Crippen LogP contribution in [-0.4, -0.2) is 20.7 Å². The molecule has 1 unspecified atom stereocenters. The van der Waals surface area contributed by atoms with Gasteiger partial charge in [0, 0.05) is 41.5 Å². The second-order valence-electron chi connectivity index (χ2n) is 10.2. The topological polar surface area (TPSA) is 118 Å². The van der Waals surface area contributed by atoms with E-state index in [1.54, 1.807) is 12.1 Å². The Labute approximate surface area is 212 Å². The van der Waals surface area contributed by atoms with Gasteiger partial charge in [0.05, 0.1) is 10.5 Å². The third-order valence-corrected chi connectivity index (χ3v) is 7.56. The molecule has 3 aromatic rings. The SMILES string of the molecule is Cc1ccc(CSc2nc3c(c(=O)[nH]2)C(c2cccc([N+](=O)[O-])c2)C2=C(CC(C)(C)CC2=O)N3)cc1. The van der Waals surface area contributed by atoms with E-state index in [-0.39, 0.29) is 22.4 Å². The molecule has 2 heterocycles. The number of benzene rings is 2. The number of thioether (sulfide) groups is 1. The zero-order valence-electron chi connectivity index (χ0n) is 20.3. The standard InChI is InChI=1S/C27H26N4O4S/c1-15-7-9-16(10-8-15)14-36-26-29-24-23(25(33)30-26)21(17-5-4-6-18(11-17)31(34)35)22-19(28-24)12-27(2,3)13-20(22)32/h4-11,21H,12-14H2,1-3H3,(H2,28,29,30,33). The van der Waals surface area contributed by atoms with Gasteiger partial charge in [0.15, 0.2) is 10.9 Å². The van der Waals surface area contributed by atoms with Crippen LogP contribution in [0, 0.1) is 22.5 Å². The molecule has 1 aliphatic carbocycles. The maximum Gasteiger partial charge on any atom is 0.269 e. The van der Waals surface area contributed by atoms with Crippen LogP contribution < -0.4 is 10.9 Å². The van der Waals surface area contributed by atoms with Crippen LogP contribution in [0.5, 0.6) is 0 Å². The minimum Gasteiger partial charge on any atom is -0.343 e. The summed E-state index contributed by atoms with van der Waals surface area (Å²) in [4.78, 5) is 45.4. The molecule has 0 amide bonds. The number of carbonyl (C=O) groups is 1. The van der Waals surface area contributed by atoms with E-state index in [4.69, 9.17) is 4.98 Å². The van der Waals surface area contributed by atoms with E-state index in [0.29, 0.717) is 46.3 Å². The number of anilines is 1. The second-order valence-corrected chi connectivity index (χ2v) is 11.1. The molecule has 184 valence electrons. The largest absolute Gasteiger partial charge is 0.343 e. The lowest BCUT2D eigenvalue weighted by Crippen LogP contribution is -2.37. The van der Waals surface area contributed by atoms with Crippen LogP contribution in [0.25, 0.3) is 0 Å². The first-order valence-corrected chi connectivity index (χ1v) is 12.7. The van der Waals surface area contributed by atoms with Crippen molar-refractivity contribution in [1.82, 2.24) is 9.97 Å². The minimum absolute atomic E-state index is 0.0619. The summed E-state index contributed by atoms with van der Waals surface area (Å²) in [5.74, 6) is 0.238. The zero-order valence-corrected chi connectivity index (χ0v) is 21.1. The third-order valence-electron chi connectivity index (χ3n) is 6.61. The highest BCUT2D eigenvalue weighted by molar-refractivity contribution is 7.98. The number of nitrogens with one attached hydrogen (secondary N) is 2. The number of Topliss-reactive ketones (excluding diaryl/α,β-unsaturated/α-hetero) is 1. The Bertz CT molecular complexity index is 1470. The van der Waals surface area contributed by atoms with Gasteiger partial charge < -0.3 is 10.3 Å². The van der Waals surface area contributed by atoms with Gasteiger partial charge >= 0.3 is 0 Å². The summed E-state index contributed by atoms with van der Waals surface area (Å²) in [6, 6.07) is 14.3. The van der Waals surface area contributed by atoms with Crippen LogP contribution in [0.2, 0.25) is 0 Å². The fourth-order valence-electron chi connectivity index (χ4n) is 4.95. The molecule has 1 aliphatic heterocycles. The average Bonchev–Trinajstić information content (AvgIpc) is 2.81. The third kappa shape index (κ3) is 4.58. The van der Waals surface area contributed by atoms with E-state index >= 15 is 0 Å². The monoisotopic (exact) mass is 502 g/mol. The lowest BCUT2D eigenvalue weighted by molar-refractivity contribution is -0.384. The van der Waals surface area contributed by atoms with Gasteiger partial charge in [-0.25, -0.2) is 4.98 Å². The summed E-state index contributed by atoms with van der Waals surface area (Å²) in [5.41, 5.74) is 3.64. The van der Waals surface area contributed by atoms with Crippen molar-refractivity contribution < 1.29 is 9.72 Å². The molecule has 8 nitrogen and oxygen atoms in total. The molecule has 2 aliphatic rings. The van der Waals surface area contributed by atoms with E-state index < -0.39 is 10.8 Å². The molecule has 2 aromatic carbocycles. The van der Waals surface area contributed by atoms with E-state index in [2.05, 4.69) is 10.3 Å². The first kappa shape index (κ1) is 24.0. The predicted molar refractivity (Wildman–Crippen MR) is 139 cm³/mol. The number of allylic oxidation sites excluding steroid dienone is 2. The van der Waals surface area contributed by atoms with E-state index in [1.807, 2.05) is 45.0 Å². The molecule has 0 saturated heterocycles. The summed E-state index contributed by atoms with van der Waals surface area (Å²) < 4.78 is 0. The maximum atomic E-state index is 13.4. The van der Waals surface area contributed by atoms with Gasteiger partial charge in [0.2, 0.25) is 0 Å². The highest BCUT2D eigenvalue weighted by Crippen LogP contribution is 2.48. The Hall–Kier alpha value is -3.72. The number of nitro groups is 1. The van der Waals surface area contributed by atoms with Crippen molar-refractivity contribution >= 4 is 29.1 Å². The van der Waals surface area contributed by atoms with Crippen LogP contribution in [-0.2, 0) is 10.5 Å². The number of non-ortho nitro benzene ring substituents is 1. The zero-order chi connectivity index (χ0) is 25.6. The van der Waals surface area contributed by atoms with E-state index in [0.717, 1.165) is 11.3 Å². The van der Waals surface area contributed by atoms with Gasteiger partial charge in [0.1, 0.15) is 5.82 Å². The molecule has 0 fully saturated rings. The summed E-state index contributed by atoms with van der Waals surface area (Å²) >= 11 is 1.42. The van der Waals surface area contributed by atoms with Crippen LogP contribution in [0.1, 0.15) is 54.9 Å². The van der Waals surface area contributed by atoms with Gasteiger partial charge in [-0.1, -0.05) is 67.6 Å². The molecule has 36 heavy (non-hydrogen) atoms. The molecule has 0 spiro atoms. The van der Waals surface area contributed by atoms with Crippen molar-refractivity contribution in [2.24, 2.45) is 5.41 Å². The Morgan fingerprint density at radius 3 is 2.61 bits per heavy atom. The fourth-order valence-corrected chi connectivity index (χ4v) is 5.77. The van der Waals surface area contributed by atoms with E-state index in [1.165, 1.54) is 29.5 Å². The molecule has 1 atom stereocenters. The number of ketones is 1.